The number of ether oxygens (including phenoxy) is 1. The number of halogens is 1. The molecule has 1 rings (SSSR count). The van der Waals surface area contributed by atoms with Crippen molar-refractivity contribution in [3.8, 4) is 5.75 Å². The lowest BCUT2D eigenvalue weighted by atomic mass is 9.96. The fourth-order valence-electron chi connectivity index (χ4n) is 1.83. The van der Waals surface area contributed by atoms with Crippen molar-refractivity contribution in [2.75, 3.05) is 14.2 Å². The van der Waals surface area contributed by atoms with Gasteiger partial charge in [0.15, 0.2) is 11.6 Å². The lowest BCUT2D eigenvalue weighted by molar-refractivity contribution is 0.375. The summed E-state index contributed by atoms with van der Waals surface area (Å²) < 4.78 is 19.0. The second-order valence-corrected chi connectivity index (χ2v) is 4.33. The van der Waals surface area contributed by atoms with Crippen LogP contribution in [0.5, 0.6) is 5.75 Å². The highest BCUT2D eigenvalue weighted by Gasteiger charge is 2.17. The minimum Gasteiger partial charge on any atom is -0.494 e. The van der Waals surface area contributed by atoms with E-state index in [0.717, 1.165) is 6.42 Å². The van der Waals surface area contributed by atoms with E-state index in [1.165, 1.54) is 7.11 Å². The molecule has 0 bridgehead atoms. The van der Waals surface area contributed by atoms with Crippen molar-refractivity contribution in [3.05, 3.63) is 29.6 Å². The summed E-state index contributed by atoms with van der Waals surface area (Å²) in [5, 5.41) is 3.15. The third-order valence-electron chi connectivity index (χ3n) is 2.64. The summed E-state index contributed by atoms with van der Waals surface area (Å²) in [6, 6.07) is 5.31. The van der Waals surface area contributed by atoms with E-state index in [2.05, 4.69) is 19.2 Å². The standard InChI is InChI=1S/C13H20FNO/c1-9(2)8-11(15-3)10-6-5-7-12(16-4)13(10)14/h5-7,9,11,15H,8H2,1-4H3. The third kappa shape index (κ3) is 2.95. The van der Waals surface area contributed by atoms with Crippen molar-refractivity contribution in [1.82, 2.24) is 5.32 Å². The molecule has 0 spiro atoms. The summed E-state index contributed by atoms with van der Waals surface area (Å²) in [6.45, 7) is 4.25. The van der Waals surface area contributed by atoms with Gasteiger partial charge in [0, 0.05) is 11.6 Å². The normalized spacial score (nSPS) is 12.9. The van der Waals surface area contributed by atoms with Gasteiger partial charge < -0.3 is 10.1 Å². The molecule has 2 nitrogen and oxygen atoms in total. The molecule has 0 amide bonds. The second kappa shape index (κ2) is 5.85. The van der Waals surface area contributed by atoms with Crippen molar-refractivity contribution >= 4 is 0 Å². The van der Waals surface area contributed by atoms with Crippen LogP contribution in [0.1, 0.15) is 31.9 Å². The van der Waals surface area contributed by atoms with Crippen molar-refractivity contribution in [1.29, 1.82) is 0 Å². The van der Waals surface area contributed by atoms with Crippen LogP contribution in [-0.4, -0.2) is 14.2 Å². The molecular formula is C13H20FNO. The summed E-state index contributed by atoms with van der Waals surface area (Å²) in [4.78, 5) is 0. The zero-order valence-corrected chi connectivity index (χ0v) is 10.4. The molecule has 1 unspecified atom stereocenters. The van der Waals surface area contributed by atoms with Crippen LogP contribution >= 0.6 is 0 Å². The topological polar surface area (TPSA) is 21.3 Å². The molecule has 0 fully saturated rings. The molecule has 1 atom stereocenters. The van der Waals surface area contributed by atoms with Crippen LogP contribution in [0.15, 0.2) is 18.2 Å². The van der Waals surface area contributed by atoms with Crippen LogP contribution in [-0.2, 0) is 0 Å². The van der Waals surface area contributed by atoms with Crippen LogP contribution in [0, 0.1) is 11.7 Å². The van der Waals surface area contributed by atoms with E-state index >= 15 is 0 Å². The summed E-state index contributed by atoms with van der Waals surface area (Å²) in [7, 11) is 3.34. The van der Waals surface area contributed by atoms with E-state index in [4.69, 9.17) is 4.74 Å². The molecule has 3 heteroatoms. The third-order valence-corrected chi connectivity index (χ3v) is 2.64. The first-order valence-electron chi connectivity index (χ1n) is 5.59. The van der Waals surface area contributed by atoms with Crippen LogP contribution in [0.25, 0.3) is 0 Å². The van der Waals surface area contributed by atoms with Gasteiger partial charge in [0.05, 0.1) is 7.11 Å². The van der Waals surface area contributed by atoms with Crippen LogP contribution in [0.3, 0.4) is 0 Å². The van der Waals surface area contributed by atoms with Gasteiger partial charge >= 0.3 is 0 Å². The Labute approximate surface area is 96.8 Å². The Balaban J connectivity index is 3.00. The summed E-state index contributed by atoms with van der Waals surface area (Å²) >= 11 is 0. The van der Waals surface area contributed by atoms with E-state index in [0.29, 0.717) is 17.2 Å². The molecule has 90 valence electrons. The van der Waals surface area contributed by atoms with Crippen LogP contribution in [0.4, 0.5) is 4.39 Å². The van der Waals surface area contributed by atoms with Gasteiger partial charge in [-0.2, -0.15) is 0 Å². The maximum atomic E-state index is 14.0. The first-order chi connectivity index (χ1) is 7.60. The second-order valence-electron chi connectivity index (χ2n) is 4.33. The predicted octanol–water partition coefficient (Wildman–Crippen LogP) is 3.14. The number of nitrogens with one attached hydrogen (secondary N) is 1. The Morgan fingerprint density at radius 2 is 2.06 bits per heavy atom. The molecule has 0 aliphatic heterocycles. The quantitative estimate of drug-likeness (QED) is 0.831. The minimum absolute atomic E-state index is 0.0371. The molecule has 1 aromatic rings. The molecule has 0 saturated carbocycles. The van der Waals surface area contributed by atoms with E-state index in [-0.39, 0.29) is 11.9 Å². The minimum atomic E-state index is -0.259. The summed E-state index contributed by atoms with van der Waals surface area (Å²) in [5.74, 6) is 0.564. The van der Waals surface area contributed by atoms with Crippen molar-refractivity contribution in [3.63, 3.8) is 0 Å². The van der Waals surface area contributed by atoms with Crippen LogP contribution in [0.2, 0.25) is 0 Å². The highest BCUT2D eigenvalue weighted by Crippen LogP contribution is 2.28. The van der Waals surface area contributed by atoms with E-state index in [1.807, 2.05) is 13.1 Å². The monoisotopic (exact) mass is 225 g/mol. The SMILES string of the molecule is CNC(CC(C)C)c1cccc(OC)c1F. The smallest absolute Gasteiger partial charge is 0.169 e. The Morgan fingerprint density at radius 3 is 2.56 bits per heavy atom. The molecule has 0 saturated heterocycles. The molecule has 0 aliphatic carbocycles. The van der Waals surface area contributed by atoms with Gasteiger partial charge in [-0.15, -0.1) is 0 Å². The van der Waals surface area contributed by atoms with Crippen molar-refractivity contribution in [2.45, 2.75) is 26.3 Å². The largest absolute Gasteiger partial charge is 0.494 e. The first kappa shape index (κ1) is 13.0. The Morgan fingerprint density at radius 1 is 1.38 bits per heavy atom. The van der Waals surface area contributed by atoms with Gasteiger partial charge in [-0.05, 0) is 25.5 Å². The lowest BCUT2D eigenvalue weighted by Gasteiger charge is -2.20. The van der Waals surface area contributed by atoms with Gasteiger partial charge in [0.2, 0.25) is 0 Å². The first-order valence-corrected chi connectivity index (χ1v) is 5.59. The average molecular weight is 225 g/mol. The summed E-state index contributed by atoms with van der Waals surface area (Å²) in [6.07, 6.45) is 0.903. The van der Waals surface area contributed by atoms with Crippen molar-refractivity contribution < 1.29 is 9.13 Å². The number of rotatable bonds is 5. The number of methoxy groups -OCH3 is 1. The fraction of sp³-hybridized carbons (Fsp3) is 0.538. The predicted molar refractivity (Wildman–Crippen MR) is 64.2 cm³/mol. The fourth-order valence-corrected chi connectivity index (χ4v) is 1.83. The maximum Gasteiger partial charge on any atom is 0.169 e. The van der Waals surface area contributed by atoms with E-state index in [1.54, 1.807) is 12.1 Å². The molecule has 0 heterocycles. The van der Waals surface area contributed by atoms with Gasteiger partial charge in [0.25, 0.3) is 0 Å². The van der Waals surface area contributed by atoms with Gasteiger partial charge in [-0.3, -0.25) is 0 Å². The maximum absolute atomic E-state index is 14.0. The average Bonchev–Trinajstić information content (AvgIpc) is 2.26. The Kier molecular flexibility index (Phi) is 4.74. The van der Waals surface area contributed by atoms with Gasteiger partial charge in [-0.1, -0.05) is 26.0 Å². The van der Waals surface area contributed by atoms with E-state index < -0.39 is 0 Å². The molecular weight excluding hydrogens is 205 g/mol. The zero-order chi connectivity index (χ0) is 12.1. The number of benzene rings is 1. The molecule has 0 radical (unpaired) electrons. The van der Waals surface area contributed by atoms with Crippen LogP contribution < -0.4 is 10.1 Å². The lowest BCUT2D eigenvalue weighted by Crippen LogP contribution is -2.19. The van der Waals surface area contributed by atoms with Gasteiger partial charge in [0.1, 0.15) is 0 Å². The van der Waals surface area contributed by atoms with Gasteiger partial charge in [-0.25, -0.2) is 4.39 Å². The Bertz CT molecular complexity index is 339. The highest BCUT2D eigenvalue weighted by molar-refractivity contribution is 5.33. The van der Waals surface area contributed by atoms with Crippen molar-refractivity contribution in [2.24, 2.45) is 5.92 Å². The summed E-state index contributed by atoms with van der Waals surface area (Å²) in [5.41, 5.74) is 0.676. The highest BCUT2D eigenvalue weighted by atomic mass is 19.1. The molecule has 1 N–H and O–H groups in total. The Hall–Kier alpha value is -1.09. The van der Waals surface area contributed by atoms with E-state index in [9.17, 15) is 4.39 Å². The molecule has 0 aromatic heterocycles. The molecule has 0 aliphatic rings. The number of hydrogen-bond donors (Lipinski definition) is 1. The number of hydrogen-bond acceptors (Lipinski definition) is 2. The molecule has 1 aromatic carbocycles. The molecule has 16 heavy (non-hydrogen) atoms. The zero-order valence-electron chi connectivity index (χ0n) is 10.4.